The number of amides is 1. The Balaban J connectivity index is 1.54. The Kier molecular flexibility index (Phi) is 3.83. The molecular weight excluding hydrogens is 310 g/mol. The predicted octanol–water partition coefficient (Wildman–Crippen LogP) is 2.97. The maximum absolute atomic E-state index is 11.9. The topological polar surface area (TPSA) is 26.8 Å². The summed E-state index contributed by atoms with van der Waals surface area (Å²) in [5.41, 5.74) is 1.54. The van der Waals surface area contributed by atoms with E-state index in [1.807, 2.05) is 4.90 Å². The molecule has 5 fully saturated rings. The van der Waals surface area contributed by atoms with Crippen molar-refractivity contribution in [1.29, 1.82) is 0 Å². The lowest BCUT2D eigenvalue weighted by Crippen LogP contribution is -2.79. The average molecular weight is 341 g/mol. The van der Waals surface area contributed by atoms with Crippen LogP contribution in [0.4, 0.5) is 0 Å². The SMILES string of the molecule is C=CC[C@H]1[C@H]2C[C@H]3CN1[C@@H]1CCC[C@H]3N1[C@H]2C1=CN(C(C)=O)CCC1. The minimum atomic E-state index is 0.197. The predicted molar refractivity (Wildman–Crippen MR) is 98.7 cm³/mol. The molecule has 0 aliphatic carbocycles. The van der Waals surface area contributed by atoms with Crippen LogP contribution in [-0.2, 0) is 4.79 Å². The summed E-state index contributed by atoms with van der Waals surface area (Å²) in [7, 11) is 0. The lowest BCUT2D eigenvalue weighted by Gasteiger charge is -2.70. The molecule has 5 saturated heterocycles. The zero-order valence-corrected chi connectivity index (χ0v) is 15.4. The van der Waals surface area contributed by atoms with Crippen molar-refractivity contribution in [3.8, 4) is 0 Å². The molecule has 0 saturated carbocycles. The van der Waals surface area contributed by atoms with Gasteiger partial charge >= 0.3 is 0 Å². The smallest absolute Gasteiger partial charge is 0.223 e. The second kappa shape index (κ2) is 5.95. The third-order valence-electron chi connectivity index (χ3n) is 7.66. The van der Waals surface area contributed by atoms with Crippen LogP contribution in [0.2, 0.25) is 0 Å². The van der Waals surface area contributed by atoms with Gasteiger partial charge in [-0.2, -0.15) is 0 Å². The molecule has 0 N–H and O–H groups in total. The van der Waals surface area contributed by atoms with E-state index in [4.69, 9.17) is 0 Å². The highest BCUT2D eigenvalue weighted by Gasteiger charge is 2.60. The van der Waals surface area contributed by atoms with Crippen LogP contribution < -0.4 is 0 Å². The van der Waals surface area contributed by atoms with Crippen LogP contribution in [-0.4, -0.2) is 58.0 Å². The van der Waals surface area contributed by atoms with Gasteiger partial charge in [-0.15, -0.1) is 6.58 Å². The van der Waals surface area contributed by atoms with Gasteiger partial charge in [-0.05, 0) is 62.4 Å². The molecular formula is C21H31N3O. The van der Waals surface area contributed by atoms with Crippen molar-refractivity contribution in [3.05, 3.63) is 24.4 Å². The fraction of sp³-hybridized carbons (Fsp3) is 0.762. The molecule has 6 aliphatic rings. The summed E-state index contributed by atoms with van der Waals surface area (Å²) >= 11 is 0. The molecule has 1 amide bonds. The Morgan fingerprint density at radius 3 is 3.04 bits per heavy atom. The Morgan fingerprint density at radius 1 is 1.36 bits per heavy atom. The van der Waals surface area contributed by atoms with E-state index in [1.165, 1.54) is 44.2 Å². The lowest BCUT2D eigenvalue weighted by atomic mass is 9.62. The largest absolute Gasteiger partial charge is 0.319 e. The van der Waals surface area contributed by atoms with Crippen molar-refractivity contribution in [3.63, 3.8) is 0 Å². The molecule has 2 unspecified atom stereocenters. The minimum absolute atomic E-state index is 0.197. The number of carbonyl (C=O) groups excluding carboxylic acids is 1. The fourth-order valence-electron chi connectivity index (χ4n) is 6.85. The first kappa shape index (κ1) is 16.1. The maximum Gasteiger partial charge on any atom is 0.223 e. The van der Waals surface area contributed by atoms with Crippen molar-refractivity contribution < 1.29 is 4.79 Å². The molecule has 8 atom stereocenters. The van der Waals surface area contributed by atoms with Crippen LogP contribution in [0.3, 0.4) is 0 Å². The summed E-state index contributed by atoms with van der Waals surface area (Å²) in [5, 5.41) is 0. The second-order valence-electron chi connectivity index (χ2n) is 8.84. The lowest BCUT2D eigenvalue weighted by molar-refractivity contribution is -0.224. The van der Waals surface area contributed by atoms with Gasteiger partial charge in [0.15, 0.2) is 0 Å². The highest BCUT2D eigenvalue weighted by molar-refractivity contribution is 5.74. The molecule has 25 heavy (non-hydrogen) atoms. The summed E-state index contributed by atoms with van der Waals surface area (Å²) in [4.78, 5) is 19.6. The monoisotopic (exact) mass is 341 g/mol. The van der Waals surface area contributed by atoms with E-state index in [1.54, 1.807) is 6.92 Å². The normalized spacial score (nSPS) is 47.6. The van der Waals surface area contributed by atoms with Gasteiger partial charge in [0, 0.05) is 44.3 Å². The molecule has 6 bridgehead atoms. The van der Waals surface area contributed by atoms with Crippen LogP contribution in [0.25, 0.3) is 0 Å². The van der Waals surface area contributed by atoms with E-state index in [9.17, 15) is 4.79 Å². The number of rotatable bonds is 3. The third kappa shape index (κ3) is 2.30. The van der Waals surface area contributed by atoms with Gasteiger partial charge in [-0.3, -0.25) is 14.6 Å². The fourth-order valence-corrected chi connectivity index (χ4v) is 6.85. The highest BCUT2D eigenvalue weighted by atomic mass is 16.2. The van der Waals surface area contributed by atoms with Gasteiger partial charge in [0.25, 0.3) is 0 Å². The quantitative estimate of drug-likeness (QED) is 0.739. The number of piperidine rings is 3. The highest BCUT2D eigenvalue weighted by Crippen LogP contribution is 2.54. The van der Waals surface area contributed by atoms with Gasteiger partial charge in [0.1, 0.15) is 0 Å². The summed E-state index contributed by atoms with van der Waals surface area (Å²) in [6.07, 6.45) is 13.9. The molecule has 0 aromatic carbocycles. The molecule has 4 heteroatoms. The molecule has 6 rings (SSSR count). The maximum atomic E-state index is 11.9. The van der Waals surface area contributed by atoms with Crippen molar-refractivity contribution in [2.45, 2.75) is 76.2 Å². The molecule has 6 heterocycles. The number of nitrogens with zero attached hydrogens (tertiary/aromatic N) is 3. The van der Waals surface area contributed by atoms with Crippen LogP contribution in [0.5, 0.6) is 0 Å². The van der Waals surface area contributed by atoms with Crippen LogP contribution in [0.15, 0.2) is 24.4 Å². The first-order valence-electron chi connectivity index (χ1n) is 10.3. The van der Waals surface area contributed by atoms with Crippen LogP contribution in [0, 0.1) is 11.8 Å². The van der Waals surface area contributed by atoms with E-state index < -0.39 is 0 Å². The zero-order valence-electron chi connectivity index (χ0n) is 15.4. The molecule has 136 valence electrons. The number of hydrogen-bond acceptors (Lipinski definition) is 3. The molecule has 0 spiro atoms. The Labute approximate surface area is 151 Å². The zero-order chi connectivity index (χ0) is 17.1. The van der Waals surface area contributed by atoms with E-state index in [-0.39, 0.29) is 5.91 Å². The van der Waals surface area contributed by atoms with Crippen molar-refractivity contribution >= 4 is 5.91 Å². The standard InChI is InChI=1S/C21H31N3O/c1-3-6-19-17-11-16-13-23(19)20-9-4-8-18(16)24(20)21(17)15-7-5-10-22(12-15)14(2)25/h3,12,16-21H,1,4-11,13H2,2H3/t16-,17+,18+,19-,20-,21-/m0/s1. The Hall–Kier alpha value is -1.13. The molecule has 6 aliphatic heterocycles. The third-order valence-corrected chi connectivity index (χ3v) is 7.66. The molecule has 0 radical (unpaired) electrons. The van der Waals surface area contributed by atoms with E-state index in [0.29, 0.717) is 18.2 Å². The first-order chi connectivity index (χ1) is 12.2. The van der Waals surface area contributed by atoms with Gasteiger partial charge < -0.3 is 4.90 Å². The summed E-state index contributed by atoms with van der Waals surface area (Å²) in [6, 6.07) is 2.01. The molecule has 0 aromatic heterocycles. The Morgan fingerprint density at radius 2 is 2.24 bits per heavy atom. The molecule has 4 nitrogen and oxygen atoms in total. The van der Waals surface area contributed by atoms with Gasteiger partial charge in [0.2, 0.25) is 5.91 Å². The minimum Gasteiger partial charge on any atom is -0.319 e. The second-order valence-corrected chi connectivity index (χ2v) is 8.84. The van der Waals surface area contributed by atoms with Crippen molar-refractivity contribution in [1.82, 2.24) is 14.7 Å². The van der Waals surface area contributed by atoms with E-state index in [0.717, 1.165) is 37.3 Å². The van der Waals surface area contributed by atoms with Crippen molar-refractivity contribution in [2.75, 3.05) is 13.1 Å². The summed E-state index contributed by atoms with van der Waals surface area (Å²) < 4.78 is 0. The Bertz CT molecular complexity index is 614. The van der Waals surface area contributed by atoms with E-state index >= 15 is 0 Å². The van der Waals surface area contributed by atoms with Crippen molar-refractivity contribution in [2.24, 2.45) is 11.8 Å². The summed E-state index contributed by atoms with van der Waals surface area (Å²) in [6.45, 7) is 7.97. The van der Waals surface area contributed by atoms with Crippen LogP contribution in [0.1, 0.15) is 51.9 Å². The van der Waals surface area contributed by atoms with Gasteiger partial charge in [0.05, 0.1) is 6.17 Å². The number of hydrogen-bond donors (Lipinski definition) is 0. The van der Waals surface area contributed by atoms with E-state index in [2.05, 4.69) is 28.7 Å². The average Bonchev–Trinajstić information content (AvgIpc) is 2.62. The van der Waals surface area contributed by atoms with Gasteiger partial charge in [-0.1, -0.05) is 6.08 Å². The number of carbonyl (C=O) groups is 1. The first-order valence-corrected chi connectivity index (χ1v) is 10.3. The van der Waals surface area contributed by atoms with Crippen LogP contribution >= 0.6 is 0 Å². The molecule has 0 aromatic rings. The summed E-state index contributed by atoms with van der Waals surface area (Å²) in [5.74, 6) is 1.79. The van der Waals surface area contributed by atoms with Gasteiger partial charge in [-0.25, -0.2) is 0 Å².